The molecule has 5 aliphatic carbocycles. The first kappa shape index (κ1) is 48.1. The molecule has 0 unspecified atom stereocenters. The fourth-order valence-corrected chi connectivity index (χ4v) is 14.7. The van der Waals surface area contributed by atoms with Crippen LogP contribution in [0.25, 0.3) is 0 Å². The van der Waals surface area contributed by atoms with Crippen LogP contribution in [0.3, 0.4) is 0 Å². The minimum absolute atomic E-state index is 0.0126. The molecule has 7 fully saturated rings. The van der Waals surface area contributed by atoms with Crippen LogP contribution < -0.4 is 0 Å². The second-order valence-corrected chi connectivity index (χ2v) is 23.0. The normalized spacial score (nSPS) is 54.1. The Morgan fingerprint density at radius 3 is 2.10 bits per heavy atom. The zero-order valence-corrected chi connectivity index (χ0v) is 38.3. The van der Waals surface area contributed by atoms with E-state index in [9.17, 15) is 50.8 Å². The van der Waals surface area contributed by atoms with Crippen LogP contribution >= 0.6 is 0 Å². The molecular formula is C47H76O16. The lowest BCUT2D eigenvalue weighted by Crippen LogP contribution is -2.67. The average molecular weight is 897 g/mol. The summed E-state index contributed by atoms with van der Waals surface area (Å²) in [4.78, 5) is 14.5. The van der Waals surface area contributed by atoms with Crippen molar-refractivity contribution >= 4 is 5.97 Å². The van der Waals surface area contributed by atoms with Gasteiger partial charge in [-0.3, -0.25) is 4.79 Å². The van der Waals surface area contributed by atoms with Crippen LogP contribution in [0.4, 0.5) is 0 Å². The first-order chi connectivity index (χ1) is 29.4. The molecular weight excluding hydrogens is 821 g/mol. The lowest BCUT2D eigenvalue weighted by atomic mass is 9.33. The molecule has 9 N–H and O–H groups in total. The van der Waals surface area contributed by atoms with E-state index in [0.717, 1.165) is 44.9 Å². The smallest absolute Gasteiger partial charge is 0.315 e. The third kappa shape index (κ3) is 7.51. The second kappa shape index (κ2) is 16.7. The van der Waals surface area contributed by atoms with Crippen LogP contribution in [-0.2, 0) is 33.2 Å². The van der Waals surface area contributed by atoms with E-state index in [-0.39, 0.29) is 40.1 Å². The van der Waals surface area contributed by atoms with E-state index in [1.54, 1.807) is 0 Å². The van der Waals surface area contributed by atoms with Gasteiger partial charge in [-0.15, -0.1) is 0 Å². The Kier molecular flexibility index (Phi) is 12.8. The summed E-state index contributed by atoms with van der Waals surface area (Å²) in [6.07, 6.45) is -9.69. The first-order valence-electron chi connectivity index (χ1n) is 23.6. The van der Waals surface area contributed by atoms with Crippen molar-refractivity contribution in [3.8, 4) is 0 Å². The molecule has 0 amide bonds. The van der Waals surface area contributed by atoms with E-state index < -0.39 is 116 Å². The van der Waals surface area contributed by atoms with Crippen molar-refractivity contribution in [2.75, 3.05) is 13.2 Å². The number of esters is 1. The molecule has 0 aromatic rings. The molecule has 3 heterocycles. The van der Waals surface area contributed by atoms with Gasteiger partial charge in [-0.25, -0.2) is 0 Å². The molecule has 16 nitrogen and oxygen atoms in total. The van der Waals surface area contributed by atoms with Gasteiger partial charge in [-0.2, -0.15) is 0 Å². The predicted molar refractivity (Wildman–Crippen MR) is 223 cm³/mol. The molecule has 360 valence electrons. The van der Waals surface area contributed by atoms with Gasteiger partial charge in [-0.05, 0) is 116 Å². The number of allylic oxidation sites excluding steroid dienone is 2. The molecule has 0 aromatic carbocycles. The molecule has 4 saturated carbocycles. The lowest BCUT2D eigenvalue weighted by molar-refractivity contribution is -0.376. The van der Waals surface area contributed by atoms with E-state index in [2.05, 4.69) is 54.5 Å². The van der Waals surface area contributed by atoms with Crippen molar-refractivity contribution in [1.29, 1.82) is 0 Å². The van der Waals surface area contributed by atoms with Gasteiger partial charge in [0.25, 0.3) is 0 Å². The van der Waals surface area contributed by atoms with Crippen molar-refractivity contribution in [2.24, 2.45) is 50.2 Å². The molecule has 3 aliphatic heterocycles. The van der Waals surface area contributed by atoms with Gasteiger partial charge in [0.05, 0.1) is 30.8 Å². The Bertz CT molecular complexity index is 1720. The second-order valence-electron chi connectivity index (χ2n) is 23.0. The third-order valence-corrected chi connectivity index (χ3v) is 18.9. The fraction of sp³-hybridized carbons (Fsp3) is 0.936. The zero-order valence-electron chi connectivity index (χ0n) is 38.3. The maximum Gasteiger partial charge on any atom is 0.315 e. The Labute approximate surface area is 371 Å². The maximum atomic E-state index is 14.5. The van der Waals surface area contributed by atoms with E-state index in [1.807, 2.05) is 0 Å². The molecule has 0 bridgehead atoms. The summed E-state index contributed by atoms with van der Waals surface area (Å²) in [5.74, 6) is 0.0259. The van der Waals surface area contributed by atoms with Gasteiger partial charge in [0, 0.05) is 0 Å². The first-order valence-corrected chi connectivity index (χ1v) is 23.6. The topological polar surface area (TPSA) is 255 Å². The summed E-state index contributed by atoms with van der Waals surface area (Å²) < 4.78 is 36.2. The van der Waals surface area contributed by atoms with E-state index in [0.29, 0.717) is 25.2 Å². The van der Waals surface area contributed by atoms with Gasteiger partial charge in [0.1, 0.15) is 61.0 Å². The summed E-state index contributed by atoms with van der Waals surface area (Å²) in [6, 6.07) is 0. The number of hydrogen-bond donors (Lipinski definition) is 9. The number of ether oxygens (including phenoxy) is 6. The quantitative estimate of drug-likeness (QED) is 0.100. The van der Waals surface area contributed by atoms with Crippen LogP contribution in [0.5, 0.6) is 0 Å². The largest absolute Gasteiger partial charge is 0.432 e. The number of hydrogen-bond acceptors (Lipinski definition) is 16. The minimum atomic E-state index is -1.66. The van der Waals surface area contributed by atoms with Crippen molar-refractivity contribution in [3.63, 3.8) is 0 Å². The van der Waals surface area contributed by atoms with Crippen molar-refractivity contribution in [1.82, 2.24) is 0 Å². The Balaban J connectivity index is 1.04. The van der Waals surface area contributed by atoms with Crippen LogP contribution in [0.2, 0.25) is 0 Å². The molecule has 8 rings (SSSR count). The standard InChI is InChI=1S/C47H76O16/c1-22-30(50)33(53)36(56)39(59-22)62-37-34(54)32(52)26(20-48)60-40(37)61-29-12-13-44(6)27(43(29,4)5)11-14-46(8)28(44)10-9-23-24-19-42(2,3)15-17-47(24,18-16-45(23,46)7)41(57)63-38-35(55)31(51)25(49)21-58-38/h9,22,24-40,48-56H,10-21H2,1-8H3/t22-,24-,25+,26+,27-,28+,29-,30-,31-,32+,33+,34-,35+,36+,37+,38-,39-,40-,44-,45+,46+,47-/m0/s1. The predicted octanol–water partition coefficient (Wildman–Crippen LogP) is 1.81. The van der Waals surface area contributed by atoms with E-state index in [4.69, 9.17) is 28.4 Å². The van der Waals surface area contributed by atoms with Crippen LogP contribution in [0.15, 0.2) is 11.6 Å². The maximum absolute atomic E-state index is 14.5. The number of aliphatic hydroxyl groups excluding tert-OH is 9. The zero-order chi connectivity index (χ0) is 46.0. The van der Waals surface area contributed by atoms with Crippen molar-refractivity contribution < 1.29 is 79.2 Å². The third-order valence-electron chi connectivity index (χ3n) is 18.9. The molecule has 0 aromatic heterocycles. The molecule has 22 atom stereocenters. The molecule has 0 radical (unpaired) electrons. The Morgan fingerprint density at radius 2 is 1.40 bits per heavy atom. The highest BCUT2D eigenvalue weighted by molar-refractivity contribution is 5.79. The highest BCUT2D eigenvalue weighted by Gasteiger charge is 2.70. The van der Waals surface area contributed by atoms with Gasteiger partial charge < -0.3 is 74.4 Å². The summed E-state index contributed by atoms with van der Waals surface area (Å²) in [5, 5.41) is 95.1. The average Bonchev–Trinajstić information content (AvgIpc) is 3.22. The highest BCUT2D eigenvalue weighted by atomic mass is 16.8. The summed E-state index contributed by atoms with van der Waals surface area (Å²) >= 11 is 0. The monoisotopic (exact) mass is 897 g/mol. The van der Waals surface area contributed by atoms with Gasteiger partial charge in [0.15, 0.2) is 12.6 Å². The van der Waals surface area contributed by atoms with E-state index >= 15 is 0 Å². The van der Waals surface area contributed by atoms with Gasteiger partial charge in [-0.1, -0.05) is 60.1 Å². The lowest BCUT2D eigenvalue weighted by Gasteiger charge is -2.71. The molecule has 3 saturated heterocycles. The number of rotatable bonds is 7. The Morgan fingerprint density at radius 1 is 0.714 bits per heavy atom. The molecule has 0 spiro atoms. The van der Waals surface area contributed by atoms with Crippen molar-refractivity contribution in [3.05, 3.63) is 11.6 Å². The minimum Gasteiger partial charge on any atom is -0.432 e. The summed E-state index contributed by atoms with van der Waals surface area (Å²) in [6.45, 7) is 17.0. The fourth-order valence-electron chi connectivity index (χ4n) is 14.7. The molecule has 16 heteroatoms. The van der Waals surface area contributed by atoms with Crippen LogP contribution in [0, 0.1) is 50.2 Å². The molecule has 63 heavy (non-hydrogen) atoms. The SMILES string of the molecule is C[C@@H]1O[C@@H](O[C@H]2[C@H](O[C@H]3CC[C@]4(C)[C@H]5CC=C6[C@@H]7CC(C)(C)CC[C@]7(C(=O)O[C@@H]7OC[C@@H](O)[C@H](O)[C@H]7O)CC[C@@]6(C)[C@]5(C)CC[C@H]4C3(C)C)O[C@H](CO)[C@@H](O)[C@@H]2O)[C@H](O)[C@H](O)[C@H]1O. The summed E-state index contributed by atoms with van der Waals surface area (Å²) in [5.41, 5.74) is -0.348. The number of carbonyl (C=O) groups excluding carboxylic acids is 1. The van der Waals surface area contributed by atoms with Gasteiger partial charge in [0.2, 0.25) is 6.29 Å². The Hall–Kier alpha value is -1.35. The van der Waals surface area contributed by atoms with Crippen molar-refractivity contribution in [2.45, 2.75) is 212 Å². The summed E-state index contributed by atoms with van der Waals surface area (Å²) in [7, 11) is 0. The molecule has 8 aliphatic rings. The van der Waals surface area contributed by atoms with Crippen LogP contribution in [0.1, 0.15) is 120 Å². The number of aliphatic hydroxyl groups is 9. The van der Waals surface area contributed by atoms with Crippen LogP contribution in [-0.4, -0.2) is 157 Å². The number of carbonyl (C=O) groups is 1. The number of fused-ring (bicyclic) bond motifs is 7. The van der Waals surface area contributed by atoms with Gasteiger partial charge >= 0.3 is 5.97 Å². The van der Waals surface area contributed by atoms with E-state index in [1.165, 1.54) is 12.5 Å². The highest BCUT2D eigenvalue weighted by Crippen LogP contribution is 2.76.